The predicted octanol–water partition coefficient (Wildman–Crippen LogP) is 5.30. The molecule has 1 heteroatoms. The Hall–Kier alpha value is -0.590. The second-order valence-electron chi connectivity index (χ2n) is 5.45. The van der Waals surface area contributed by atoms with E-state index in [-0.39, 0.29) is 0 Å². The van der Waals surface area contributed by atoms with E-state index in [4.69, 9.17) is 0 Å². The number of hydrogen-bond donors (Lipinski definition) is 0. The highest BCUT2D eigenvalue weighted by Crippen LogP contribution is 2.09. The first-order valence-corrected chi connectivity index (χ1v) is 7.27. The number of carbonyl (C=O) groups is 1. The summed E-state index contributed by atoms with van der Waals surface area (Å²) in [6.45, 7) is 6.23. The van der Waals surface area contributed by atoms with Crippen molar-refractivity contribution in [2.75, 3.05) is 0 Å². The number of carbonyl (C=O) groups excluding carboxylic acids is 1. The van der Waals surface area contributed by atoms with Gasteiger partial charge in [0.15, 0.2) is 0 Å². The lowest BCUT2D eigenvalue weighted by Crippen LogP contribution is -1.89. The van der Waals surface area contributed by atoms with Crippen molar-refractivity contribution in [1.82, 2.24) is 0 Å². The maximum atomic E-state index is 10.7. The lowest BCUT2D eigenvalue weighted by molar-refractivity contribution is -0.117. The topological polar surface area (TPSA) is 17.1 Å². The van der Waals surface area contributed by atoms with Gasteiger partial charge in [-0.25, -0.2) is 0 Å². The van der Waals surface area contributed by atoms with Crippen LogP contribution in [0.4, 0.5) is 0 Å². The third-order valence-electron chi connectivity index (χ3n) is 2.98. The summed E-state index contributed by atoms with van der Waals surface area (Å²) >= 11 is 0. The highest BCUT2D eigenvalue weighted by atomic mass is 16.1. The van der Waals surface area contributed by atoms with Crippen LogP contribution in [-0.2, 0) is 4.79 Å². The molecule has 0 unspecified atom stereocenters. The van der Waals surface area contributed by atoms with Crippen LogP contribution < -0.4 is 0 Å². The minimum atomic E-state index is 0.332. The molecule has 0 N–H and O–H groups in total. The monoisotopic (exact) mass is 238 g/mol. The lowest BCUT2D eigenvalue weighted by atomic mass is 10.1. The Balaban J connectivity index is 3.10. The summed E-state index contributed by atoms with van der Waals surface area (Å²) in [6, 6.07) is 0. The van der Waals surface area contributed by atoms with E-state index < -0.39 is 0 Å². The minimum absolute atomic E-state index is 0.332. The van der Waals surface area contributed by atoms with Crippen molar-refractivity contribution < 1.29 is 4.79 Å². The van der Waals surface area contributed by atoms with Crippen molar-refractivity contribution >= 4 is 5.78 Å². The van der Waals surface area contributed by atoms with Crippen molar-refractivity contribution in [3.05, 3.63) is 12.2 Å². The van der Waals surface area contributed by atoms with E-state index in [1.807, 2.05) is 0 Å². The highest BCUT2D eigenvalue weighted by Gasteiger charge is 1.94. The third kappa shape index (κ3) is 15.4. The molecule has 0 spiro atoms. The molecule has 0 heterocycles. The summed E-state index contributed by atoms with van der Waals surface area (Å²) in [5.74, 6) is 1.15. The number of unbranched alkanes of at least 4 members (excludes halogenated alkanes) is 5. The number of allylic oxidation sites excluding steroid dienone is 2. The van der Waals surface area contributed by atoms with Gasteiger partial charge in [0.05, 0.1) is 0 Å². The van der Waals surface area contributed by atoms with E-state index in [1.165, 1.54) is 44.9 Å². The molecule has 17 heavy (non-hydrogen) atoms. The van der Waals surface area contributed by atoms with E-state index in [1.54, 1.807) is 6.92 Å². The summed E-state index contributed by atoms with van der Waals surface area (Å²) < 4.78 is 0. The van der Waals surface area contributed by atoms with Crippen LogP contribution in [0.5, 0.6) is 0 Å². The molecule has 0 atom stereocenters. The first-order valence-electron chi connectivity index (χ1n) is 7.27. The van der Waals surface area contributed by atoms with Crippen LogP contribution in [0.3, 0.4) is 0 Å². The van der Waals surface area contributed by atoms with Crippen LogP contribution in [0.1, 0.15) is 78.6 Å². The van der Waals surface area contributed by atoms with Crippen LogP contribution in [-0.4, -0.2) is 5.78 Å². The van der Waals surface area contributed by atoms with Crippen molar-refractivity contribution in [2.45, 2.75) is 78.6 Å². The van der Waals surface area contributed by atoms with E-state index in [9.17, 15) is 4.79 Å². The van der Waals surface area contributed by atoms with Gasteiger partial charge in [0.1, 0.15) is 5.78 Å². The summed E-state index contributed by atoms with van der Waals surface area (Å²) in [5, 5.41) is 0. The summed E-state index contributed by atoms with van der Waals surface area (Å²) in [6.07, 6.45) is 15.4. The second kappa shape index (κ2) is 11.9. The Morgan fingerprint density at radius 1 is 0.941 bits per heavy atom. The molecular weight excluding hydrogens is 208 g/mol. The first-order chi connectivity index (χ1) is 8.13. The van der Waals surface area contributed by atoms with Crippen molar-refractivity contribution in [2.24, 2.45) is 5.92 Å². The Labute approximate surface area is 108 Å². The van der Waals surface area contributed by atoms with Crippen molar-refractivity contribution in [1.29, 1.82) is 0 Å². The van der Waals surface area contributed by atoms with Gasteiger partial charge in [-0.3, -0.25) is 0 Å². The van der Waals surface area contributed by atoms with Crippen LogP contribution >= 0.6 is 0 Å². The highest BCUT2D eigenvalue weighted by molar-refractivity contribution is 5.75. The standard InChI is InChI=1S/C16H30O/c1-15(2)13-11-9-7-5-4-6-8-10-12-14-16(3)17/h7,9,15H,4-6,8,10-14H2,1-3H3. The molecule has 0 rings (SSSR count). The molecule has 0 aliphatic rings. The van der Waals surface area contributed by atoms with Gasteiger partial charge in [-0.1, -0.05) is 45.3 Å². The fourth-order valence-corrected chi connectivity index (χ4v) is 1.83. The van der Waals surface area contributed by atoms with Gasteiger partial charge >= 0.3 is 0 Å². The smallest absolute Gasteiger partial charge is 0.129 e. The van der Waals surface area contributed by atoms with Gasteiger partial charge in [-0.05, 0) is 44.9 Å². The normalized spacial score (nSPS) is 11.5. The minimum Gasteiger partial charge on any atom is -0.300 e. The summed E-state index contributed by atoms with van der Waals surface area (Å²) in [4.78, 5) is 10.7. The maximum absolute atomic E-state index is 10.7. The second-order valence-corrected chi connectivity index (χ2v) is 5.45. The molecule has 100 valence electrons. The van der Waals surface area contributed by atoms with Crippen LogP contribution in [0.2, 0.25) is 0 Å². The molecule has 0 aliphatic carbocycles. The Morgan fingerprint density at radius 2 is 1.53 bits per heavy atom. The van der Waals surface area contributed by atoms with Gasteiger partial charge in [0.25, 0.3) is 0 Å². The fraction of sp³-hybridized carbons (Fsp3) is 0.812. The zero-order valence-electron chi connectivity index (χ0n) is 12.0. The van der Waals surface area contributed by atoms with E-state index in [2.05, 4.69) is 26.0 Å². The van der Waals surface area contributed by atoms with Crippen molar-refractivity contribution in [3.8, 4) is 0 Å². The largest absolute Gasteiger partial charge is 0.300 e. The van der Waals surface area contributed by atoms with Crippen molar-refractivity contribution in [3.63, 3.8) is 0 Å². The Morgan fingerprint density at radius 3 is 2.18 bits per heavy atom. The Kier molecular flexibility index (Phi) is 11.5. The molecule has 1 nitrogen and oxygen atoms in total. The zero-order valence-corrected chi connectivity index (χ0v) is 12.0. The molecule has 0 aromatic carbocycles. The van der Waals surface area contributed by atoms with Crippen LogP contribution in [0, 0.1) is 5.92 Å². The number of Topliss-reactive ketones (excluding diaryl/α,β-unsaturated/α-hetero) is 1. The molecule has 0 aliphatic heterocycles. The van der Waals surface area contributed by atoms with Gasteiger partial charge in [-0.2, -0.15) is 0 Å². The number of ketones is 1. The molecule has 0 saturated heterocycles. The SMILES string of the molecule is CC(=O)CCCCCCCC=CCCC(C)C. The molecule has 0 aromatic heterocycles. The molecule has 0 aromatic rings. The molecule has 0 radical (unpaired) electrons. The Bertz CT molecular complexity index is 204. The number of rotatable bonds is 11. The third-order valence-corrected chi connectivity index (χ3v) is 2.98. The lowest BCUT2D eigenvalue weighted by Gasteiger charge is -2.00. The van der Waals surface area contributed by atoms with E-state index in [0.717, 1.165) is 18.8 Å². The van der Waals surface area contributed by atoms with Crippen LogP contribution in [0.25, 0.3) is 0 Å². The molecule has 0 bridgehead atoms. The molecule has 0 fully saturated rings. The zero-order chi connectivity index (χ0) is 12.9. The van der Waals surface area contributed by atoms with E-state index in [0.29, 0.717) is 5.78 Å². The maximum Gasteiger partial charge on any atom is 0.129 e. The van der Waals surface area contributed by atoms with Gasteiger partial charge < -0.3 is 4.79 Å². The quantitative estimate of drug-likeness (QED) is 0.353. The van der Waals surface area contributed by atoms with Gasteiger partial charge in [0, 0.05) is 6.42 Å². The van der Waals surface area contributed by atoms with Gasteiger partial charge in [-0.15, -0.1) is 0 Å². The fourth-order valence-electron chi connectivity index (χ4n) is 1.83. The average molecular weight is 238 g/mol. The summed E-state index contributed by atoms with van der Waals surface area (Å²) in [7, 11) is 0. The van der Waals surface area contributed by atoms with Crippen LogP contribution in [0.15, 0.2) is 12.2 Å². The molecule has 0 amide bonds. The summed E-state index contributed by atoms with van der Waals surface area (Å²) in [5.41, 5.74) is 0. The predicted molar refractivity (Wildman–Crippen MR) is 76.2 cm³/mol. The molecule has 0 saturated carbocycles. The van der Waals surface area contributed by atoms with E-state index >= 15 is 0 Å². The molecular formula is C16H30O. The number of hydrogen-bond acceptors (Lipinski definition) is 1. The van der Waals surface area contributed by atoms with Gasteiger partial charge in [0.2, 0.25) is 0 Å². The average Bonchev–Trinajstić information content (AvgIpc) is 2.25. The first kappa shape index (κ1) is 16.4.